The van der Waals surface area contributed by atoms with E-state index in [9.17, 15) is 22.4 Å². The minimum absolute atomic E-state index is 0.153. The molecule has 0 heterocycles. The Hall–Kier alpha value is -2.94. The second-order valence-corrected chi connectivity index (χ2v) is 9.81. The average molecular weight is 436 g/mol. The quantitative estimate of drug-likeness (QED) is 0.729. The molecule has 0 aromatic heterocycles. The van der Waals surface area contributed by atoms with Crippen LogP contribution in [0.3, 0.4) is 0 Å². The molecule has 0 aliphatic heterocycles. The number of nitrogens with zero attached hydrogens (tertiary/aromatic N) is 1. The summed E-state index contributed by atoms with van der Waals surface area (Å²) in [6, 6.07) is 10.1. The first-order valence-corrected chi connectivity index (χ1v) is 11.1. The fourth-order valence-electron chi connectivity index (χ4n) is 2.83. The van der Waals surface area contributed by atoms with Crippen molar-refractivity contribution in [3.8, 4) is 0 Å². The zero-order valence-corrected chi connectivity index (χ0v) is 18.4. The van der Waals surface area contributed by atoms with Crippen LogP contribution in [0.25, 0.3) is 0 Å². The Labute approximate surface area is 176 Å². The van der Waals surface area contributed by atoms with Gasteiger partial charge in [-0.25, -0.2) is 12.8 Å². The number of sulfonamides is 1. The lowest BCUT2D eigenvalue weighted by atomic mass is 10.1. The molecule has 0 saturated heterocycles. The molecule has 2 N–H and O–H groups in total. The summed E-state index contributed by atoms with van der Waals surface area (Å²) in [5.74, 6) is -1.53. The number of hydrogen-bond acceptors (Lipinski definition) is 4. The summed E-state index contributed by atoms with van der Waals surface area (Å²) in [6.07, 6.45) is 0.963. The minimum Gasteiger partial charge on any atom is -0.347 e. The molecule has 0 aliphatic rings. The molecule has 0 radical (unpaired) electrons. The SMILES string of the molecule is C[C@@H](C(=O)Nc1ccccc1C(=O)NC(C)(C)C)N(c1ccc(F)cc1)S(C)(=O)=O. The Morgan fingerprint density at radius 1 is 1.03 bits per heavy atom. The predicted molar refractivity (Wildman–Crippen MR) is 115 cm³/mol. The van der Waals surface area contributed by atoms with Crippen molar-refractivity contribution in [3.05, 3.63) is 59.9 Å². The van der Waals surface area contributed by atoms with Gasteiger partial charge in [0.2, 0.25) is 15.9 Å². The third kappa shape index (κ3) is 6.03. The van der Waals surface area contributed by atoms with Crippen molar-refractivity contribution in [1.82, 2.24) is 5.32 Å². The smallest absolute Gasteiger partial charge is 0.253 e. The topological polar surface area (TPSA) is 95.6 Å². The molecule has 1 atom stereocenters. The molecule has 30 heavy (non-hydrogen) atoms. The molecule has 2 rings (SSSR count). The summed E-state index contributed by atoms with van der Waals surface area (Å²) < 4.78 is 38.8. The highest BCUT2D eigenvalue weighted by atomic mass is 32.2. The van der Waals surface area contributed by atoms with Crippen molar-refractivity contribution >= 4 is 33.2 Å². The van der Waals surface area contributed by atoms with Crippen molar-refractivity contribution in [1.29, 1.82) is 0 Å². The zero-order chi connectivity index (χ0) is 22.7. The first-order valence-electron chi connectivity index (χ1n) is 9.27. The van der Waals surface area contributed by atoms with Crippen LogP contribution in [-0.2, 0) is 14.8 Å². The number of rotatable bonds is 6. The van der Waals surface area contributed by atoms with Crippen LogP contribution in [0, 0.1) is 5.82 Å². The molecule has 162 valence electrons. The van der Waals surface area contributed by atoms with Crippen molar-refractivity contribution in [2.45, 2.75) is 39.3 Å². The van der Waals surface area contributed by atoms with E-state index in [1.165, 1.54) is 19.1 Å². The van der Waals surface area contributed by atoms with Gasteiger partial charge in [-0.15, -0.1) is 0 Å². The maximum absolute atomic E-state index is 13.2. The largest absolute Gasteiger partial charge is 0.347 e. The molecule has 0 fully saturated rings. The lowest BCUT2D eigenvalue weighted by Gasteiger charge is -2.28. The van der Waals surface area contributed by atoms with Gasteiger partial charge in [0.15, 0.2) is 0 Å². The van der Waals surface area contributed by atoms with Gasteiger partial charge in [-0.1, -0.05) is 12.1 Å². The maximum atomic E-state index is 13.2. The van der Waals surface area contributed by atoms with Gasteiger partial charge < -0.3 is 10.6 Å². The first-order chi connectivity index (χ1) is 13.8. The van der Waals surface area contributed by atoms with E-state index in [4.69, 9.17) is 0 Å². The molecule has 0 spiro atoms. The average Bonchev–Trinajstić information content (AvgIpc) is 2.61. The van der Waals surface area contributed by atoms with Gasteiger partial charge in [-0.2, -0.15) is 0 Å². The van der Waals surface area contributed by atoms with Crippen molar-refractivity contribution in [2.24, 2.45) is 0 Å². The van der Waals surface area contributed by atoms with Crippen LogP contribution in [0.2, 0.25) is 0 Å². The maximum Gasteiger partial charge on any atom is 0.253 e. The molecule has 7 nitrogen and oxygen atoms in total. The van der Waals surface area contributed by atoms with Crippen molar-refractivity contribution in [2.75, 3.05) is 15.9 Å². The molecular formula is C21H26FN3O4S. The van der Waals surface area contributed by atoms with E-state index in [1.807, 2.05) is 20.8 Å². The van der Waals surface area contributed by atoms with E-state index in [2.05, 4.69) is 10.6 Å². The van der Waals surface area contributed by atoms with Crippen LogP contribution >= 0.6 is 0 Å². The van der Waals surface area contributed by atoms with Crippen LogP contribution in [0.5, 0.6) is 0 Å². The molecule has 0 aliphatic carbocycles. The number of nitrogens with one attached hydrogen (secondary N) is 2. The number of amides is 2. The summed E-state index contributed by atoms with van der Waals surface area (Å²) in [4.78, 5) is 25.5. The fourth-order valence-corrected chi connectivity index (χ4v) is 4.01. The summed E-state index contributed by atoms with van der Waals surface area (Å²) in [5.41, 5.74) is 0.182. The van der Waals surface area contributed by atoms with Crippen LogP contribution < -0.4 is 14.9 Å². The molecule has 0 bridgehead atoms. The standard InChI is InChI=1S/C21H26FN3O4S/c1-14(25(30(5,28)29)16-12-10-15(22)11-13-16)19(26)23-18-9-7-6-8-17(18)20(27)24-21(2,3)4/h6-14H,1-5H3,(H,23,26)(H,24,27)/t14-/m0/s1. The molecule has 2 amide bonds. The molecule has 2 aromatic carbocycles. The van der Waals surface area contributed by atoms with E-state index >= 15 is 0 Å². The number of anilines is 2. The number of halogens is 1. The Balaban J connectivity index is 2.32. The zero-order valence-electron chi connectivity index (χ0n) is 17.6. The first kappa shape index (κ1) is 23.3. The highest BCUT2D eigenvalue weighted by Gasteiger charge is 2.30. The van der Waals surface area contributed by atoms with E-state index in [1.54, 1.807) is 24.3 Å². The Bertz CT molecular complexity index is 1030. The minimum atomic E-state index is -3.85. The number of carbonyl (C=O) groups is 2. The van der Waals surface area contributed by atoms with E-state index in [-0.39, 0.29) is 22.8 Å². The second kappa shape index (κ2) is 8.83. The molecular weight excluding hydrogens is 409 g/mol. The molecule has 0 unspecified atom stereocenters. The Kier molecular flexibility index (Phi) is 6.87. The van der Waals surface area contributed by atoms with Gasteiger partial charge in [0.25, 0.3) is 5.91 Å². The third-order valence-corrected chi connectivity index (χ3v) is 5.33. The van der Waals surface area contributed by atoms with Gasteiger partial charge in [0.05, 0.1) is 23.2 Å². The normalized spacial score (nSPS) is 12.7. The van der Waals surface area contributed by atoms with Crippen molar-refractivity contribution < 1.29 is 22.4 Å². The lowest BCUT2D eigenvalue weighted by molar-refractivity contribution is -0.116. The second-order valence-electron chi connectivity index (χ2n) is 7.95. The highest BCUT2D eigenvalue weighted by Crippen LogP contribution is 2.23. The molecule has 2 aromatic rings. The van der Waals surface area contributed by atoms with Crippen LogP contribution in [-0.4, -0.2) is 38.1 Å². The summed E-state index contributed by atoms with van der Waals surface area (Å²) in [5, 5.41) is 5.46. The fraction of sp³-hybridized carbons (Fsp3) is 0.333. The lowest BCUT2D eigenvalue weighted by Crippen LogP contribution is -2.45. The predicted octanol–water partition coefficient (Wildman–Crippen LogP) is 3.15. The number of para-hydroxylation sites is 1. The van der Waals surface area contributed by atoms with E-state index in [0.29, 0.717) is 0 Å². The van der Waals surface area contributed by atoms with Gasteiger partial charge in [0.1, 0.15) is 11.9 Å². The Morgan fingerprint density at radius 3 is 2.13 bits per heavy atom. The summed E-state index contributed by atoms with van der Waals surface area (Å²) >= 11 is 0. The highest BCUT2D eigenvalue weighted by molar-refractivity contribution is 7.92. The van der Waals surface area contributed by atoms with Crippen molar-refractivity contribution in [3.63, 3.8) is 0 Å². The number of hydrogen-bond donors (Lipinski definition) is 2. The number of benzene rings is 2. The summed E-state index contributed by atoms with van der Waals surface area (Å²) in [7, 11) is -3.85. The molecule has 0 saturated carbocycles. The van der Waals surface area contributed by atoms with E-state index < -0.39 is 33.3 Å². The van der Waals surface area contributed by atoms with Crippen LogP contribution in [0.1, 0.15) is 38.1 Å². The van der Waals surface area contributed by atoms with Gasteiger partial charge >= 0.3 is 0 Å². The van der Waals surface area contributed by atoms with Gasteiger partial charge in [-0.05, 0) is 64.1 Å². The Morgan fingerprint density at radius 2 is 1.60 bits per heavy atom. The summed E-state index contributed by atoms with van der Waals surface area (Å²) in [6.45, 7) is 6.92. The monoisotopic (exact) mass is 435 g/mol. The van der Waals surface area contributed by atoms with Crippen LogP contribution in [0.4, 0.5) is 15.8 Å². The third-order valence-electron chi connectivity index (χ3n) is 4.09. The van der Waals surface area contributed by atoms with E-state index in [0.717, 1.165) is 22.7 Å². The van der Waals surface area contributed by atoms with Crippen LogP contribution in [0.15, 0.2) is 48.5 Å². The molecule has 9 heteroatoms. The van der Waals surface area contributed by atoms with Gasteiger partial charge in [0, 0.05) is 5.54 Å². The van der Waals surface area contributed by atoms with Gasteiger partial charge in [-0.3, -0.25) is 13.9 Å². The number of carbonyl (C=O) groups excluding carboxylic acids is 2.